The van der Waals surface area contributed by atoms with Gasteiger partial charge < -0.3 is 14.8 Å². The number of hydrogen-bond acceptors (Lipinski definition) is 5. The largest absolute Gasteiger partial charge is 0.467 e. The second-order valence-corrected chi connectivity index (χ2v) is 4.61. The van der Waals surface area contributed by atoms with E-state index in [2.05, 4.69) is 15.4 Å². The van der Waals surface area contributed by atoms with Crippen LogP contribution in [0.2, 0.25) is 0 Å². The molecule has 0 spiro atoms. The highest BCUT2D eigenvalue weighted by Crippen LogP contribution is 2.14. The minimum absolute atomic E-state index is 0.240. The number of aliphatic hydroxyl groups excluding tert-OH is 1. The minimum Gasteiger partial charge on any atom is -0.467 e. The molecule has 0 saturated carbocycles. The van der Waals surface area contributed by atoms with Crippen LogP contribution in [0.15, 0.2) is 59.7 Å². The summed E-state index contributed by atoms with van der Waals surface area (Å²) in [6, 6.07) is 9.74. The van der Waals surface area contributed by atoms with Crippen LogP contribution in [0, 0.1) is 0 Å². The van der Waals surface area contributed by atoms with Crippen molar-refractivity contribution >= 4 is 5.91 Å². The van der Waals surface area contributed by atoms with Crippen LogP contribution < -0.4 is 5.32 Å². The molecule has 7 nitrogen and oxygen atoms in total. The fraction of sp³-hybridized carbons (Fsp3) is 0.133. The van der Waals surface area contributed by atoms with Crippen molar-refractivity contribution in [3.8, 4) is 5.69 Å². The van der Waals surface area contributed by atoms with Crippen LogP contribution in [0.4, 0.5) is 0 Å². The zero-order valence-electron chi connectivity index (χ0n) is 11.6. The summed E-state index contributed by atoms with van der Waals surface area (Å²) in [5.41, 5.74) is 1.28. The first-order chi connectivity index (χ1) is 10.8. The fourth-order valence-corrected chi connectivity index (χ4v) is 2.04. The van der Waals surface area contributed by atoms with Gasteiger partial charge in [0, 0.05) is 5.56 Å². The first-order valence-corrected chi connectivity index (χ1v) is 6.68. The molecular formula is C15H14N4O3. The number of rotatable bonds is 5. The summed E-state index contributed by atoms with van der Waals surface area (Å²) in [4.78, 5) is 16.1. The van der Waals surface area contributed by atoms with Crippen LogP contribution in [-0.2, 0) is 0 Å². The lowest BCUT2D eigenvalue weighted by atomic mass is 10.1. The van der Waals surface area contributed by atoms with Crippen molar-refractivity contribution in [2.45, 2.75) is 6.04 Å². The number of carbonyl (C=O) groups is 1. The van der Waals surface area contributed by atoms with Crippen molar-refractivity contribution in [2.24, 2.45) is 0 Å². The van der Waals surface area contributed by atoms with Crippen molar-refractivity contribution in [3.63, 3.8) is 0 Å². The smallest absolute Gasteiger partial charge is 0.251 e. The molecule has 2 N–H and O–H groups in total. The Hall–Kier alpha value is -2.93. The lowest BCUT2D eigenvalue weighted by Gasteiger charge is -2.14. The Morgan fingerprint density at radius 2 is 2.14 bits per heavy atom. The predicted octanol–water partition coefficient (Wildman–Crippen LogP) is 1.32. The molecule has 0 aliphatic carbocycles. The van der Waals surface area contributed by atoms with Gasteiger partial charge in [0.25, 0.3) is 5.91 Å². The molecule has 3 rings (SSSR count). The van der Waals surface area contributed by atoms with Gasteiger partial charge in [-0.1, -0.05) is 0 Å². The lowest BCUT2D eigenvalue weighted by molar-refractivity contribution is 0.0907. The quantitative estimate of drug-likeness (QED) is 0.741. The Labute approximate surface area is 126 Å². The molecule has 1 unspecified atom stereocenters. The fourth-order valence-electron chi connectivity index (χ4n) is 2.04. The number of aromatic nitrogens is 3. The van der Waals surface area contributed by atoms with E-state index >= 15 is 0 Å². The van der Waals surface area contributed by atoms with Crippen LogP contribution in [0.3, 0.4) is 0 Å². The molecule has 2 heterocycles. The molecule has 0 radical (unpaired) electrons. The van der Waals surface area contributed by atoms with Gasteiger partial charge >= 0.3 is 0 Å². The van der Waals surface area contributed by atoms with Gasteiger partial charge in [0.15, 0.2) is 0 Å². The number of nitrogens with one attached hydrogen (secondary N) is 1. The van der Waals surface area contributed by atoms with Crippen molar-refractivity contribution in [3.05, 3.63) is 66.6 Å². The lowest BCUT2D eigenvalue weighted by Crippen LogP contribution is -2.30. The van der Waals surface area contributed by atoms with Gasteiger partial charge in [-0.3, -0.25) is 4.79 Å². The molecule has 7 heteroatoms. The maximum atomic E-state index is 12.2. The molecule has 1 amide bonds. The summed E-state index contributed by atoms with van der Waals surface area (Å²) < 4.78 is 6.80. The molecule has 0 bridgehead atoms. The molecule has 1 atom stereocenters. The zero-order valence-corrected chi connectivity index (χ0v) is 11.6. The average molecular weight is 298 g/mol. The summed E-state index contributed by atoms with van der Waals surface area (Å²) in [5.74, 6) is 0.218. The van der Waals surface area contributed by atoms with Crippen LogP contribution in [-0.4, -0.2) is 32.4 Å². The highest BCUT2D eigenvalue weighted by atomic mass is 16.3. The van der Waals surface area contributed by atoms with E-state index in [1.807, 2.05) is 0 Å². The Bertz CT molecular complexity index is 721. The molecule has 0 aliphatic heterocycles. The second-order valence-electron chi connectivity index (χ2n) is 4.61. The van der Waals surface area contributed by atoms with E-state index in [0.29, 0.717) is 11.3 Å². The molecule has 0 fully saturated rings. The van der Waals surface area contributed by atoms with Gasteiger partial charge in [-0.15, -0.1) is 0 Å². The van der Waals surface area contributed by atoms with Gasteiger partial charge in [-0.05, 0) is 36.4 Å². The molecule has 112 valence electrons. The van der Waals surface area contributed by atoms with Crippen LogP contribution in [0.1, 0.15) is 22.2 Å². The van der Waals surface area contributed by atoms with Crippen molar-refractivity contribution in [2.75, 3.05) is 6.61 Å². The maximum absolute atomic E-state index is 12.2. The van der Waals surface area contributed by atoms with Gasteiger partial charge in [-0.25, -0.2) is 9.67 Å². The van der Waals surface area contributed by atoms with Crippen molar-refractivity contribution < 1.29 is 14.3 Å². The molecule has 0 saturated heterocycles. The van der Waals surface area contributed by atoms with E-state index in [9.17, 15) is 9.90 Å². The first-order valence-electron chi connectivity index (χ1n) is 6.68. The van der Waals surface area contributed by atoms with Gasteiger partial charge in [0.05, 0.1) is 18.6 Å². The minimum atomic E-state index is -0.572. The van der Waals surface area contributed by atoms with Crippen LogP contribution >= 0.6 is 0 Å². The summed E-state index contributed by atoms with van der Waals surface area (Å²) in [7, 11) is 0. The Kier molecular flexibility index (Phi) is 3.97. The SMILES string of the molecule is O=C(NC(CO)c1ccco1)c1ccc(-n2cncn2)cc1. The number of benzene rings is 1. The van der Waals surface area contributed by atoms with E-state index in [-0.39, 0.29) is 12.5 Å². The topological polar surface area (TPSA) is 93.2 Å². The van der Waals surface area contributed by atoms with Crippen molar-refractivity contribution in [1.29, 1.82) is 0 Å². The third-order valence-electron chi connectivity index (χ3n) is 3.19. The van der Waals surface area contributed by atoms with E-state index < -0.39 is 6.04 Å². The molecule has 3 aromatic rings. The Morgan fingerprint density at radius 3 is 2.73 bits per heavy atom. The monoisotopic (exact) mass is 298 g/mol. The number of furan rings is 1. The first kappa shape index (κ1) is 14.0. The summed E-state index contributed by atoms with van der Waals surface area (Å²) >= 11 is 0. The number of hydrogen-bond donors (Lipinski definition) is 2. The molecule has 0 aliphatic rings. The molecule has 1 aromatic carbocycles. The number of aliphatic hydroxyl groups is 1. The number of amides is 1. The van der Waals surface area contributed by atoms with Gasteiger partial charge in [-0.2, -0.15) is 5.10 Å². The van der Waals surface area contributed by atoms with E-state index in [1.165, 1.54) is 12.6 Å². The van der Waals surface area contributed by atoms with E-state index in [4.69, 9.17) is 4.42 Å². The summed E-state index contributed by atoms with van der Waals surface area (Å²) in [6.07, 6.45) is 4.51. The molecular weight excluding hydrogens is 284 g/mol. The summed E-state index contributed by atoms with van der Waals surface area (Å²) in [5, 5.41) is 16.1. The Morgan fingerprint density at radius 1 is 1.32 bits per heavy atom. The average Bonchev–Trinajstić information content (AvgIpc) is 3.25. The predicted molar refractivity (Wildman–Crippen MR) is 77.4 cm³/mol. The maximum Gasteiger partial charge on any atom is 0.251 e. The highest BCUT2D eigenvalue weighted by molar-refractivity contribution is 5.94. The molecule has 22 heavy (non-hydrogen) atoms. The third kappa shape index (κ3) is 2.89. The molecule has 2 aromatic heterocycles. The Balaban J connectivity index is 1.72. The standard InChI is InChI=1S/C15H14N4O3/c20-8-13(14-2-1-7-22-14)18-15(21)11-3-5-12(6-4-11)19-10-16-9-17-19/h1-7,9-10,13,20H,8H2,(H,18,21). The highest BCUT2D eigenvalue weighted by Gasteiger charge is 2.17. The van der Waals surface area contributed by atoms with E-state index in [1.54, 1.807) is 47.4 Å². The summed E-state index contributed by atoms with van der Waals surface area (Å²) in [6.45, 7) is -0.240. The van der Waals surface area contributed by atoms with Crippen LogP contribution in [0.25, 0.3) is 5.69 Å². The van der Waals surface area contributed by atoms with Crippen LogP contribution in [0.5, 0.6) is 0 Å². The zero-order chi connectivity index (χ0) is 15.4. The number of carbonyl (C=O) groups excluding carboxylic acids is 1. The third-order valence-corrected chi connectivity index (χ3v) is 3.19. The van der Waals surface area contributed by atoms with Crippen molar-refractivity contribution in [1.82, 2.24) is 20.1 Å². The van der Waals surface area contributed by atoms with Gasteiger partial charge in [0.2, 0.25) is 0 Å². The normalized spacial score (nSPS) is 12.0. The van der Waals surface area contributed by atoms with E-state index in [0.717, 1.165) is 5.69 Å². The van der Waals surface area contributed by atoms with Gasteiger partial charge in [0.1, 0.15) is 24.5 Å². The second kappa shape index (κ2) is 6.23. The number of nitrogens with zero attached hydrogens (tertiary/aromatic N) is 3.